The summed E-state index contributed by atoms with van der Waals surface area (Å²) in [6, 6.07) is 14.7. The molecule has 0 aliphatic rings. The number of carboxylic acid groups (broad SMARTS) is 1. The van der Waals surface area contributed by atoms with Crippen molar-refractivity contribution in [3.63, 3.8) is 0 Å². The largest absolute Gasteiger partial charge is 0.506 e. The van der Waals surface area contributed by atoms with Gasteiger partial charge >= 0.3 is 5.97 Å². The molecule has 0 radical (unpaired) electrons. The van der Waals surface area contributed by atoms with Crippen molar-refractivity contribution >= 4 is 62.9 Å². The Morgan fingerprint density at radius 2 is 1.61 bits per heavy atom. The molecule has 9 heteroatoms. The quantitative estimate of drug-likeness (QED) is 0.218. The molecule has 4 aromatic rings. The minimum atomic E-state index is -1.01. The van der Waals surface area contributed by atoms with E-state index in [4.69, 9.17) is 28.3 Å². The lowest BCUT2D eigenvalue weighted by molar-refractivity contribution is 0.0696. The van der Waals surface area contributed by atoms with Crippen molar-refractivity contribution in [1.82, 2.24) is 5.43 Å². The Kier molecular flexibility index (Phi) is 6.37. The fraction of sp³-hybridized carbons (Fsp3) is 0.0417. The minimum absolute atomic E-state index is 0.0360. The van der Waals surface area contributed by atoms with E-state index in [0.717, 1.165) is 10.9 Å². The molecular formula is C24H16Cl2N2O4S. The van der Waals surface area contributed by atoms with Crippen LogP contribution in [0.3, 0.4) is 0 Å². The molecule has 0 atom stereocenters. The maximum atomic E-state index is 12.6. The van der Waals surface area contributed by atoms with Gasteiger partial charge in [-0.05, 0) is 59.7 Å². The van der Waals surface area contributed by atoms with E-state index in [1.165, 1.54) is 17.4 Å². The van der Waals surface area contributed by atoms with Gasteiger partial charge in [0.15, 0.2) is 0 Å². The third-order valence-electron chi connectivity index (χ3n) is 5.01. The molecule has 6 nitrogen and oxygen atoms in total. The maximum Gasteiger partial charge on any atom is 0.335 e. The van der Waals surface area contributed by atoms with Crippen LogP contribution in [0.4, 0.5) is 0 Å². The first-order chi connectivity index (χ1) is 15.7. The van der Waals surface area contributed by atoms with Crippen LogP contribution in [0.15, 0.2) is 65.1 Å². The molecule has 0 aliphatic heterocycles. The van der Waals surface area contributed by atoms with Crippen LogP contribution in [0.1, 0.15) is 33.2 Å². The SMILES string of the molecule is C/C(=N\NC(=O)c1ccc2cc(C(=O)O)ccc2c1)c1csc(-c2ccc(Cl)c(Cl)c2)c1O. The third kappa shape index (κ3) is 4.71. The van der Waals surface area contributed by atoms with E-state index in [9.17, 15) is 14.7 Å². The number of rotatable bonds is 5. The number of fused-ring (bicyclic) bond motifs is 1. The van der Waals surface area contributed by atoms with Crippen molar-refractivity contribution in [2.45, 2.75) is 6.92 Å². The number of aromatic carboxylic acids is 1. The number of carbonyl (C=O) groups is 2. The Bertz CT molecular complexity index is 1450. The number of nitrogens with one attached hydrogen (secondary N) is 1. The first-order valence-electron chi connectivity index (χ1n) is 9.62. The van der Waals surface area contributed by atoms with Crippen LogP contribution in [-0.4, -0.2) is 27.8 Å². The van der Waals surface area contributed by atoms with Gasteiger partial charge in [-0.15, -0.1) is 11.3 Å². The Morgan fingerprint density at radius 1 is 0.939 bits per heavy atom. The first kappa shape index (κ1) is 22.8. The Morgan fingerprint density at radius 3 is 2.27 bits per heavy atom. The van der Waals surface area contributed by atoms with Gasteiger partial charge in [-0.2, -0.15) is 5.10 Å². The molecule has 33 heavy (non-hydrogen) atoms. The molecule has 0 saturated heterocycles. The number of halogens is 2. The van der Waals surface area contributed by atoms with E-state index >= 15 is 0 Å². The highest BCUT2D eigenvalue weighted by molar-refractivity contribution is 7.14. The summed E-state index contributed by atoms with van der Waals surface area (Å²) in [5.74, 6) is -1.41. The van der Waals surface area contributed by atoms with Crippen molar-refractivity contribution in [2.24, 2.45) is 5.10 Å². The van der Waals surface area contributed by atoms with Gasteiger partial charge in [-0.3, -0.25) is 4.79 Å². The van der Waals surface area contributed by atoms with Crippen LogP contribution in [0.25, 0.3) is 21.2 Å². The van der Waals surface area contributed by atoms with Gasteiger partial charge in [0.1, 0.15) is 5.75 Å². The van der Waals surface area contributed by atoms with Crippen LogP contribution in [-0.2, 0) is 0 Å². The summed E-state index contributed by atoms with van der Waals surface area (Å²) < 4.78 is 0. The summed E-state index contributed by atoms with van der Waals surface area (Å²) in [5.41, 5.74) is 4.67. The van der Waals surface area contributed by atoms with E-state index in [-0.39, 0.29) is 11.3 Å². The van der Waals surface area contributed by atoms with Crippen LogP contribution < -0.4 is 5.43 Å². The van der Waals surface area contributed by atoms with Gasteiger partial charge in [-0.25, -0.2) is 10.2 Å². The van der Waals surface area contributed by atoms with Crippen molar-refractivity contribution in [3.05, 3.63) is 86.7 Å². The summed E-state index contributed by atoms with van der Waals surface area (Å²) >= 11 is 13.4. The summed E-state index contributed by atoms with van der Waals surface area (Å²) in [7, 11) is 0. The zero-order valence-electron chi connectivity index (χ0n) is 17.1. The smallest absolute Gasteiger partial charge is 0.335 e. The van der Waals surface area contributed by atoms with Gasteiger partial charge in [0.05, 0.1) is 31.8 Å². The average Bonchev–Trinajstić information content (AvgIpc) is 3.19. The second-order valence-electron chi connectivity index (χ2n) is 7.18. The highest BCUT2D eigenvalue weighted by Gasteiger charge is 2.16. The lowest BCUT2D eigenvalue weighted by Gasteiger charge is -2.06. The number of hydrogen-bond donors (Lipinski definition) is 3. The standard InChI is InChI=1S/C24H16Cl2N2O4S/c1-12(18-11-33-22(21(18)29)15-6-7-19(25)20(26)10-15)27-28-23(30)16-4-2-14-9-17(24(31)32)5-3-13(14)8-16/h2-11,29H,1H3,(H,28,30)(H,31,32)/b27-12+. The molecule has 3 N–H and O–H groups in total. The average molecular weight is 499 g/mol. The lowest BCUT2D eigenvalue weighted by Crippen LogP contribution is -2.19. The number of thiophene rings is 1. The van der Waals surface area contributed by atoms with E-state index < -0.39 is 11.9 Å². The molecule has 0 aliphatic carbocycles. The molecule has 0 fully saturated rings. The number of nitrogens with zero attached hydrogens (tertiary/aromatic N) is 1. The molecule has 1 aromatic heterocycles. The number of benzene rings is 3. The number of aromatic hydroxyl groups is 1. The number of hydrazone groups is 1. The van der Waals surface area contributed by atoms with Gasteiger partial charge in [0, 0.05) is 10.9 Å². The van der Waals surface area contributed by atoms with Gasteiger partial charge in [0.2, 0.25) is 0 Å². The third-order valence-corrected chi connectivity index (χ3v) is 6.77. The molecule has 4 rings (SSSR count). The van der Waals surface area contributed by atoms with Gasteiger partial charge in [-0.1, -0.05) is 41.4 Å². The fourth-order valence-corrected chi connectivity index (χ4v) is 4.53. The van der Waals surface area contributed by atoms with Gasteiger partial charge in [0.25, 0.3) is 5.91 Å². The molecule has 1 amide bonds. The lowest BCUT2D eigenvalue weighted by atomic mass is 10.0. The van der Waals surface area contributed by atoms with Crippen molar-refractivity contribution in [2.75, 3.05) is 0 Å². The molecule has 3 aromatic carbocycles. The second kappa shape index (κ2) is 9.23. The zero-order valence-corrected chi connectivity index (χ0v) is 19.4. The number of amides is 1. The number of hydrogen-bond acceptors (Lipinski definition) is 5. The summed E-state index contributed by atoms with van der Waals surface area (Å²) in [5, 5.41) is 27.9. The molecule has 0 saturated carbocycles. The highest BCUT2D eigenvalue weighted by atomic mass is 35.5. The summed E-state index contributed by atoms with van der Waals surface area (Å²) in [6.07, 6.45) is 0. The maximum absolute atomic E-state index is 12.6. The fourth-order valence-electron chi connectivity index (χ4n) is 3.23. The molecule has 1 heterocycles. The molecule has 0 bridgehead atoms. The predicted octanol–water partition coefficient (Wildman–Crippen LogP) is 6.43. The number of carboxylic acids is 1. The van der Waals surface area contributed by atoms with E-state index in [2.05, 4.69) is 10.5 Å². The monoisotopic (exact) mass is 498 g/mol. The van der Waals surface area contributed by atoms with E-state index in [0.29, 0.717) is 37.1 Å². The summed E-state index contributed by atoms with van der Waals surface area (Å²) in [6.45, 7) is 1.68. The molecular weight excluding hydrogens is 483 g/mol. The first-order valence-corrected chi connectivity index (χ1v) is 11.3. The second-order valence-corrected chi connectivity index (χ2v) is 8.87. The number of carbonyl (C=O) groups excluding carboxylic acids is 1. The van der Waals surface area contributed by atoms with Crippen molar-refractivity contribution < 1.29 is 19.8 Å². The topological polar surface area (TPSA) is 99.0 Å². The Hall–Kier alpha value is -3.39. The van der Waals surface area contributed by atoms with Crippen LogP contribution in [0.2, 0.25) is 10.0 Å². The Labute approximate surface area is 202 Å². The highest BCUT2D eigenvalue weighted by Crippen LogP contribution is 2.40. The molecule has 0 spiro atoms. The molecule has 166 valence electrons. The normalized spacial score (nSPS) is 11.5. The van der Waals surface area contributed by atoms with E-state index in [1.807, 2.05) is 0 Å². The van der Waals surface area contributed by atoms with Crippen LogP contribution in [0.5, 0.6) is 5.75 Å². The van der Waals surface area contributed by atoms with Crippen LogP contribution >= 0.6 is 34.5 Å². The van der Waals surface area contributed by atoms with Crippen molar-refractivity contribution in [3.8, 4) is 16.2 Å². The zero-order chi connectivity index (χ0) is 23.7. The predicted molar refractivity (Wildman–Crippen MR) is 132 cm³/mol. The molecule has 0 unspecified atom stereocenters. The minimum Gasteiger partial charge on any atom is -0.506 e. The van der Waals surface area contributed by atoms with Crippen LogP contribution in [0, 0.1) is 0 Å². The summed E-state index contributed by atoms with van der Waals surface area (Å²) in [4.78, 5) is 24.3. The van der Waals surface area contributed by atoms with Gasteiger partial charge < -0.3 is 10.2 Å². The Balaban J connectivity index is 1.53. The van der Waals surface area contributed by atoms with Crippen molar-refractivity contribution in [1.29, 1.82) is 0 Å². The van der Waals surface area contributed by atoms with E-state index in [1.54, 1.807) is 60.8 Å².